The Hall–Kier alpha value is -2.29. The Kier molecular flexibility index (Phi) is 7.43. The van der Waals surface area contributed by atoms with E-state index in [0.717, 1.165) is 6.26 Å². The van der Waals surface area contributed by atoms with Gasteiger partial charge in [-0.05, 0) is 51.5 Å². The molecule has 0 aliphatic heterocycles. The van der Waals surface area contributed by atoms with Crippen LogP contribution in [0.3, 0.4) is 0 Å². The first kappa shape index (κ1) is 21.8. The second-order valence-corrected chi connectivity index (χ2v) is 8.92. The molecule has 0 heterocycles. The van der Waals surface area contributed by atoms with Crippen molar-refractivity contribution in [3.05, 3.63) is 24.3 Å². The molecular formula is C17H26N2O6S. The summed E-state index contributed by atoms with van der Waals surface area (Å²) in [6.07, 6.45) is 0.864. The number of sulfone groups is 1. The van der Waals surface area contributed by atoms with E-state index < -0.39 is 33.5 Å². The lowest BCUT2D eigenvalue weighted by atomic mass is 10.1. The molecule has 0 unspecified atom stereocenters. The van der Waals surface area contributed by atoms with Crippen LogP contribution in [0.15, 0.2) is 29.2 Å². The lowest BCUT2D eigenvalue weighted by Crippen LogP contribution is -2.42. The number of ether oxygens (including phenoxy) is 2. The van der Waals surface area contributed by atoms with Gasteiger partial charge in [0.2, 0.25) is 5.91 Å². The van der Waals surface area contributed by atoms with Crippen LogP contribution in [0.5, 0.6) is 5.75 Å². The summed E-state index contributed by atoms with van der Waals surface area (Å²) in [5.41, 5.74) is 4.51. The van der Waals surface area contributed by atoms with Gasteiger partial charge in [0.1, 0.15) is 18.0 Å². The van der Waals surface area contributed by atoms with Gasteiger partial charge < -0.3 is 20.5 Å². The van der Waals surface area contributed by atoms with E-state index in [1.807, 2.05) is 0 Å². The summed E-state index contributed by atoms with van der Waals surface area (Å²) in [7, 11) is -3.28. The van der Waals surface area contributed by atoms with Crippen molar-refractivity contribution in [2.75, 3.05) is 12.9 Å². The molecule has 0 fully saturated rings. The molecule has 1 aromatic rings. The molecule has 1 rings (SSSR count). The average molecular weight is 386 g/mol. The molecule has 0 saturated carbocycles. The Morgan fingerprint density at radius 1 is 1.19 bits per heavy atom. The molecule has 0 bridgehead atoms. The molecule has 0 aromatic heterocycles. The minimum atomic E-state index is -3.28. The van der Waals surface area contributed by atoms with Gasteiger partial charge in [-0.15, -0.1) is 0 Å². The molecule has 8 nitrogen and oxygen atoms in total. The lowest BCUT2D eigenvalue weighted by Gasteiger charge is -2.23. The van der Waals surface area contributed by atoms with Gasteiger partial charge in [-0.1, -0.05) is 0 Å². The summed E-state index contributed by atoms with van der Waals surface area (Å²) in [6.45, 7) is 5.30. The number of nitrogens with one attached hydrogen (secondary N) is 1. The van der Waals surface area contributed by atoms with Crippen LogP contribution in [0.2, 0.25) is 0 Å². The standard InChI is InChI=1S/C17H26N2O6S/c1-17(2,3)25-16(21)19-12(5-10-15(18)20)11-24-13-6-8-14(9-7-13)26(4,22)23/h6-9,12H,5,10-11H2,1-4H3,(H2,18,20)(H,19,21)/t12-/m0/s1. The van der Waals surface area contributed by atoms with E-state index in [2.05, 4.69) is 5.32 Å². The average Bonchev–Trinajstić information content (AvgIpc) is 2.47. The van der Waals surface area contributed by atoms with Gasteiger partial charge in [0, 0.05) is 12.7 Å². The van der Waals surface area contributed by atoms with Crippen molar-refractivity contribution >= 4 is 21.8 Å². The highest BCUT2D eigenvalue weighted by molar-refractivity contribution is 7.90. The molecule has 9 heteroatoms. The SMILES string of the molecule is CC(C)(C)OC(=O)N[C@@H](CCC(N)=O)COc1ccc(S(C)(=O)=O)cc1. The van der Waals surface area contributed by atoms with Gasteiger partial charge >= 0.3 is 6.09 Å². The maximum Gasteiger partial charge on any atom is 0.407 e. The molecule has 3 N–H and O–H groups in total. The monoisotopic (exact) mass is 386 g/mol. The van der Waals surface area contributed by atoms with E-state index in [1.165, 1.54) is 24.3 Å². The van der Waals surface area contributed by atoms with Crippen molar-refractivity contribution in [1.82, 2.24) is 5.32 Å². The molecule has 26 heavy (non-hydrogen) atoms. The molecule has 0 saturated heterocycles. The fourth-order valence-corrected chi connectivity index (χ4v) is 2.60. The summed E-state index contributed by atoms with van der Waals surface area (Å²) in [5, 5.41) is 2.64. The largest absolute Gasteiger partial charge is 0.491 e. The highest BCUT2D eigenvalue weighted by Crippen LogP contribution is 2.16. The zero-order chi connectivity index (χ0) is 20.0. The van der Waals surface area contributed by atoms with Crippen LogP contribution < -0.4 is 15.8 Å². The summed E-state index contributed by atoms with van der Waals surface area (Å²) in [5.74, 6) is -0.0500. The molecule has 0 aliphatic rings. The van der Waals surface area contributed by atoms with Crippen LogP contribution in [0.25, 0.3) is 0 Å². The summed E-state index contributed by atoms with van der Waals surface area (Å²) in [6, 6.07) is 5.42. The second-order valence-electron chi connectivity index (χ2n) is 6.90. The van der Waals surface area contributed by atoms with Crippen LogP contribution in [0.1, 0.15) is 33.6 Å². The number of carbonyl (C=O) groups excluding carboxylic acids is 2. The van der Waals surface area contributed by atoms with Gasteiger partial charge in [0.25, 0.3) is 0 Å². The van der Waals surface area contributed by atoms with Crippen molar-refractivity contribution in [3.63, 3.8) is 0 Å². The number of hydrogen-bond donors (Lipinski definition) is 2. The molecule has 146 valence electrons. The predicted molar refractivity (Wildman–Crippen MR) is 96.6 cm³/mol. The van der Waals surface area contributed by atoms with Crippen molar-refractivity contribution in [2.24, 2.45) is 5.73 Å². The van der Waals surface area contributed by atoms with Crippen molar-refractivity contribution in [2.45, 2.75) is 50.2 Å². The Morgan fingerprint density at radius 2 is 1.77 bits per heavy atom. The number of primary amides is 1. The molecule has 0 radical (unpaired) electrons. The third-order valence-corrected chi connectivity index (χ3v) is 4.29. The van der Waals surface area contributed by atoms with Crippen LogP contribution in [-0.2, 0) is 19.4 Å². The lowest BCUT2D eigenvalue weighted by molar-refractivity contribution is -0.118. The van der Waals surface area contributed by atoms with Gasteiger partial charge in [0.15, 0.2) is 9.84 Å². The smallest absolute Gasteiger partial charge is 0.407 e. The first-order chi connectivity index (χ1) is 11.9. The summed E-state index contributed by atoms with van der Waals surface area (Å²) < 4.78 is 33.7. The first-order valence-electron chi connectivity index (χ1n) is 8.07. The van der Waals surface area contributed by atoms with E-state index >= 15 is 0 Å². The predicted octanol–water partition coefficient (Wildman–Crippen LogP) is 1.63. The maximum absolute atomic E-state index is 11.9. The number of amides is 2. The van der Waals surface area contributed by atoms with Crippen LogP contribution in [-0.4, -0.2) is 44.9 Å². The van der Waals surface area contributed by atoms with Gasteiger partial charge in [0.05, 0.1) is 10.9 Å². The van der Waals surface area contributed by atoms with Crippen LogP contribution in [0, 0.1) is 0 Å². The number of alkyl carbamates (subject to hydrolysis) is 1. The zero-order valence-electron chi connectivity index (χ0n) is 15.4. The second kappa shape index (κ2) is 8.88. The molecule has 0 aliphatic carbocycles. The van der Waals surface area contributed by atoms with E-state index in [1.54, 1.807) is 20.8 Å². The fraction of sp³-hybridized carbons (Fsp3) is 0.529. The topological polar surface area (TPSA) is 125 Å². The minimum Gasteiger partial charge on any atom is -0.491 e. The molecule has 1 atom stereocenters. The molecule has 2 amide bonds. The van der Waals surface area contributed by atoms with Gasteiger partial charge in [-0.3, -0.25) is 4.79 Å². The maximum atomic E-state index is 11.9. The van der Waals surface area contributed by atoms with Gasteiger partial charge in [-0.25, -0.2) is 13.2 Å². The van der Waals surface area contributed by atoms with Crippen molar-refractivity contribution in [1.29, 1.82) is 0 Å². The van der Waals surface area contributed by atoms with E-state index in [0.29, 0.717) is 5.75 Å². The number of carbonyl (C=O) groups is 2. The first-order valence-corrected chi connectivity index (χ1v) is 9.97. The Balaban J connectivity index is 2.70. The number of benzene rings is 1. The number of nitrogens with two attached hydrogens (primary N) is 1. The Morgan fingerprint density at radius 3 is 2.23 bits per heavy atom. The third kappa shape index (κ3) is 8.70. The summed E-state index contributed by atoms with van der Waals surface area (Å²) in [4.78, 5) is 23.1. The molecule has 0 spiro atoms. The summed E-state index contributed by atoms with van der Waals surface area (Å²) >= 11 is 0. The van der Waals surface area contributed by atoms with Gasteiger partial charge in [-0.2, -0.15) is 0 Å². The normalized spacial score (nSPS) is 12.9. The zero-order valence-corrected chi connectivity index (χ0v) is 16.3. The van der Waals surface area contributed by atoms with Crippen LogP contribution >= 0.6 is 0 Å². The Labute approximate surface area is 154 Å². The minimum absolute atomic E-state index is 0.0742. The van der Waals surface area contributed by atoms with Crippen LogP contribution in [0.4, 0.5) is 4.79 Å². The van der Waals surface area contributed by atoms with E-state index in [-0.39, 0.29) is 24.3 Å². The van der Waals surface area contributed by atoms with E-state index in [4.69, 9.17) is 15.2 Å². The highest BCUT2D eigenvalue weighted by atomic mass is 32.2. The highest BCUT2D eigenvalue weighted by Gasteiger charge is 2.20. The quantitative estimate of drug-likeness (QED) is 0.699. The Bertz CT molecular complexity index is 723. The van der Waals surface area contributed by atoms with Crippen molar-refractivity contribution < 1.29 is 27.5 Å². The molecule has 1 aromatic carbocycles. The van der Waals surface area contributed by atoms with E-state index in [9.17, 15) is 18.0 Å². The van der Waals surface area contributed by atoms with Crippen molar-refractivity contribution in [3.8, 4) is 5.75 Å². The number of rotatable bonds is 8. The third-order valence-electron chi connectivity index (χ3n) is 3.16. The number of hydrogen-bond acceptors (Lipinski definition) is 6. The fourth-order valence-electron chi connectivity index (χ4n) is 1.97. The molecular weight excluding hydrogens is 360 g/mol.